The van der Waals surface area contributed by atoms with Crippen LogP contribution in [0.5, 0.6) is 17.2 Å². The van der Waals surface area contributed by atoms with Gasteiger partial charge < -0.3 is 14.2 Å². The third-order valence-electron chi connectivity index (χ3n) is 9.40. The normalized spacial score (nSPS) is 13.5. The minimum atomic E-state index is -0.610. The third kappa shape index (κ3) is 8.71. The van der Waals surface area contributed by atoms with E-state index in [1.54, 1.807) is 21.3 Å². The van der Waals surface area contributed by atoms with Crippen LogP contribution in [-0.2, 0) is 12.8 Å². The number of hydrogen-bond donors (Lipinski definition) is 0. The molecule has 0 aromatic heterocycles. The number of likely N-dealkylation sites (N-methyl/N-ethyl adjacent to an activating group) is 2. The first kappa shape index (κ1) is 38.0. The lowest BCUT2D eigenvalue weighted by Crippen LogP contribution is -2.52. The second kappa shape index (κ2) is 17.6. The van der Waals surface area contributed by atoms with Crippen molar-refractivity contribution in [2.24, 2.45) is 0 Å². The Morgan fingerprint density at radius 1 is 0.542 bits per heavy atom. The summed E-state index contributed by atoms with van der Waals surface area (Å²) in [6, 6.07) is 32.8. The standard InChI is InChI=1S/C21H27NO3.C20H25NO2/c1-6-21(22(2)3,20(23)17-10-8-7-9-11-17)15-16-12-13-18(24-4)19(14-16)25-5;1-5-20(21(2)3,19(22)17-9-7-6-8-10-17)15-16-11-13-18(23-4)14-12-16/h7-14H,6,15H2,1-5H3;6-14H,5,15H2,1-4H3. The molecule has 0 radical (unpaired) electrons. The van der Waals surface area contributed by atoms with Gasteiger partial charge in [0.25, 0.3) is 0 Å². The van der Waals surface area contributed by atoms with Crippen molar-refractivity contribution in [2.45, 2.75) is 50.6 Å². The zero-order valence-corrected chi connectivity index (χ0v) is 30.1. The molecule has 0 heterocycles. The van der Waals surface area contributed by atoms with Crippen molar-refractivity contribution in [1.29, 1.82) is 0 Å². The molecule has 4 aromatic carbocycles. The monoisotopic (exact) mass is 652 g/mol. The highest BCUT2D eigenvalue weighted by Gasteiger charge is 2.40. The molecule has 0 aliphatic carbocycles. The maximum Gasteiger partial charge on any atom is 0.183 e. The van der Waals surface area contributed by atoms with Crippen LogP contribution in [0, 0.1) is 0 Å². The topological polar surface area (TPSA) is 68.3 Å². The average molecular weight is 653 g/mol. The molecule has 256 valence electrons. The Kier molecular flexibility index (Phi) is 13.9. The quantitative estimate of drug-likeness (QED) is 0.122. The van der Waals surface area contributed by atoms with Gasteiger partial charge in [0.15, 0.2) is 23.1 Å². The summed E-state index contributed by atoms with van der Waals surface area (Å²) >= 11 is 0. The molecule has 0 saturated carbocycles. The summed E-state index contributed by atoms with van der Waals surface area (Å²) in [5.41, 5.74) is 2.51. The van der Waals surface area contributed by atoms with Gasteiger partial charge in [-0.05, 0) is 89.3 Å². The van der Waals surface area contributed by atoms with E-state index < -0.39 is 11.1 Å². The molecule has 2 atom stereocenters. The molecule has 2 unspecified atom stereocenters. The second-order valence-electron chi connectivity index (χ2n) is 12.3. The molecular weight excluding hydrogens is 600 g/mol. The highest BCUT2D eigenvalue weighted by Crippen LogP contribution is 2.33. The summed E-state index contributed by atoms with van der Waals surface area (Å²) in [6.07, 6.45) is 2.74. The molecule has 4 aromatic rings. The number of carbonyl (C=O) groups is 2. The molecule has 0 spiro atoms. The van der Waals surface area contributed by atoms with Crippen LogP contribution in [0.15, 0.2) is 103 Å². The fourth-order valence-electron chi connectivity index (χ4n) is 6.21. The fourth-order valence-corrected chi connectivity index (χ4v) is 6.21. The number of nitrogens with zero attached hydrogens (tertiary/aromatic N) is 2. The van der Waals surface area contributed by atoms with Gasteiger partial charge in [-0.15, -0.1) is 0 Å². The number of Topliss-reactive ketones (excluding diaryl/α,β-unsaturated/α-hetero) is 2. The van der Waals surface area contributed by atoms with Crippen LogP contribution in [-0.4, -0.2) is 82.0 Å². The number of benzene rings is 4. The van der Waals surface area contributed by atoms with Gasteiger partial charge in [-0.25, -0.2) is 0 Å². The predicted molar refractivity (Wildman–Crippen MR) is 195 cm³/mol. The van der Waals surface area contributed by atoms with E-state index in [1.165, 1.54) is 0 Å². The van der Waals surface area contributed by atoms with Gasteiger partial charge in [-0.2, -0.15) is 0 Å². The number of rotatable bonds is 15. The van der Waals surface area contributed by atoms with E-state index in [0.29, 0.717) is 30.8 Å². The van der Waals surface area contributed by atoms with E-state index in [9.17, 15) is 9.59 Å². The summed E-state index contributed by atoms with van der Waals surface area (Å²) in [7, 11) is 12.8. The summed E-state index contributed by atoms with van der Waals surface area (Å²) in [4.78, 5) is 30.6. The van der Waals surface area contributed by atoms with Crippen LogP contribution < -0.4 is 14.2 Å². The first-order valence-corrected chi connectivity index (χ1v) is 16.4. The Morgan fingerprint density at radius 2 is 0.958 bits per heavy atom. The smallest absolute Gasteiger partial charge is 0.183 e. The zero-order chi connectivity index (χ0) is 35.3. The van der Waals surface area contributed by atoms with E-state index in [2.05, 4.69) is 13.8 Å². The molecular formula is C41H52N2O5. The van der Waals surface area contributed by atoms with Crippen LogP contribution in [0.25, 0.3) is 0 Å². The Labute approximate surface area is 287 Å². The van der Waals surface area contributed by atoms with Gasteiger partial charge in [0.1, 0.15) is 5.75 Å². The van der Waals surface area contributed by atoms with Crippen molar-refractivity contribution in [3.05, 3.63) is 125 Å². The fraction of sp³-hybridized carbons (Fsp3) is 0.366. The SMILES string of the molecule is CCC(Cc1ccc(OC)c(OC)c1)(C(=O)c1ccccc1)N(C)C.CCC(Cc1ccc(OC)cc1)(C(=O)c1ccccc1)N(C)C. The zero-order valence-electron chi connectivity index (χ0n) is 30.1. The van der Waals surface area contributed by atoms with E-state index in [4.69, 9.17) is 14.2 Å². The molecule has 0 amide bonds. The molecule has 0 fully saturated rings. The summed E-state index contributed by atoms with van der Waals surface area (Å²) < 4.78 is 15.9. The molecule has 4 rings (SSSR count). The number of ketones is 2. The highest BCUT2D eigenvalue weighted by molar-refractivity contribution is 6.04. The molecule has 48 heavy (non-hydrogen) atoms. The lowest BCUT2D eigenvalue weighted by Gasteiger charge is -2.38. The Morgan fingerprint density at radius 3 is 1.33 bits per heavy atom. The van der Waals surface area contributed by atoms with Crippen LogP contribution in [0.1, 0.15) is 58.5 Å². The van der Waals surface area contributed by atoms with E-state index in [0.717, 1.165) is 34.4 Å². The molecule has 0 aliphatic heterocycles. The molecule has 0 saturated heterocycles. The maximum atomic E-state index is 13.3. The van der Waals surface area contributed by atoms with Gasteiger partial charge in [0.2, 0.25) is 0 Å². The lowest BCUT2D eigenvalue weighted by molar-refractivity contribution is 0.0661. The first-order valence-electron chi connectivity index (χ1n) is 16.4. The third-order valence-corrected chi connectivity index (χ3v) is 9.40. The maximum absolute atomic E-state index is 13.3. The van der Waals surface area contributed by atoms with E-state index in [-0.39, 0.29) is 11.6 Å². The minimum absolute atomic E-state index is 0.135. The van der Waals surface area contributed by atoms with Crippen molar-refractivity contribution in [1.82, 2.24) is 9.80 Å². The van der Waals surface area contributed by atoms with E-state index in [1.807, 2.05) is 141 Å². The first-order chi connectivity index (χ1) is 23.0. The van der Waals surface area contributed by atoms with Gasteiger partial charge in [0, 0.05) is 11.1 Å². The summed E-state index contributed by atoms with van der Waals surface area (Å²) in [6.45, 7) is 4.13. The van der Waals surface area contributed by atoms with Crippen LogP contribution >= 0.6 is 0 Å². The Balaban J connectivity index is 0.000000261. The Bertz CT molecular complexity index is 1590. The van der Waals surface area contributed by atoms with Crippen molar-refractivity contribution >= 4 is 11.6 Å². The number of carbonyl (C=O) groups excluding carboxylic acids is 2. The van der Waals surface area contributed by atoms with Crippen molar-refractivity contribution in [3.63, 3.8) is 0 Å². The van der Waals surface area contributed by atoms with Crippen LogP contribution in [0.4, 0.5) is 0 Å². The van der Waals surface area contributed by atoms with Gasteiger partial charge in [-0.1, -0.05) is 92.7 Å². The average Bonchev–Trinajstić information content (AvgIpc) is 3.13. The number of methoxy groups -OCH3 is 3. The van der Waals surface area contributed by atoms with Crippen LogP contribution in [0.3, 0.4) is 0 Å². The van der Waals surface area contributed by atoms with Crippen LogP contribution in [0.2, 0.25) is 0 Å². The Hall–Kier alpha value is -4.46. The van der Waals surface area contributed by atoms with Crippen molar-refractivity contribution < 1.29 is 23.8 Å². The number of ether oxygens (including phenoxy) is 3. The summed E-state index contributed by atoms with van der Waals surface area (Å²) in [5.74, 6) is 2.50. The van der Waals surface area contributed by atoms with E-state index >= 15 is 0 Å². The van der Waals surface area contributed by atoms with Crippen molar-refractivity contribution in [3.8, 4) is 17.2 Å². The largest absolute Gasteiger partial charge is 0.497 e. The van der Waals surface area contributed by atoms with Crippen molar-refractivity contribution in [2.75, 3.05) is 49.5 Å². The molecule has 7 nitrogen and oxygen atoms in total. The van der Waals surface area contributed by atoms with Gasteiger partial charge >= 0.3 is 0 Å². The minimum Gasteiger partial charge on any atom is -0.497 e. The highest BCUT2D eigenvalue weighted by atomic mass is 16.5. The molecule has 0 bridgehead atoms. The lowest BCUT2D eigenvalue weighted by atomic mass is 9.80. The molecule has 7 heteroatoms. The van der Waals surface area contributed by atoms with Gasteiger partial charge in [-0.3, -0.25) is 19.4 Å². The van der Waals surface area contributed by atoms with Gasteiger partial charge in [0.05, 0.1) is 32.4 Å². The number of hydrogen-bond acceptors (Lipinski definition) is 7. The molecule has 0 N–H and O–H groups in total. The molecule has 0 aliphatic rings. The summed E-state index contributed by atoms with van der Waals surface area (Å²) in [5, 5.41) is 0. The predicted octanol–water partition coefficient (Wildman–Crippen LogP) is 7.67. The second-order valence-corrected chi connectivity index (χ2v) is 12.3.